The van der Waals surface area contributed by atoms with Gasteiger partial charge in [-0.15, -0.1) is 5.92 Å². The first-order chi connectivity index (χ1) is 6.15. The van der Waals surface area contributed by atoms with Crippen molar-refractivity contribution in [2.75, 3.05) is 0 Å². The summed E-state index contributed by atoms with van der Waals surface area (Å²) in [6, 6.07) is 3.74. The quantitative estimate of drug-likeness (QED) is 0.403. The summed E-state index contributed by atoms with van der Waals surface area (Å²) in [6.07, 6.45) is 0. The number of hydrogen-bond acceptors (Lipinski definition) is 3. The standard InChI is InChI=1S/C9H7NO3/c1-2-3-7-6-8(10(12)13)4-5-9(7)11/h4-6,11H,1H3. The zero-order chi connectivity index (χ0) is 9.84. The van der Waals surface area contributed by atoms with E-state index in [0.717, 1.165) is 0 Å². The largest absolute Gasteiger partial charge is 0.507 e. The maximum atomic E-state index is 10.3. The Morgan fingerprint density at radius 2 is 2.23 bits per heavy atom. The normalized spacial score (nSPS) is 8.69. The number of nitro groups is 1. The van der Waals surface area contributed by atoms with Crippen LogP contribution >= 0.6 is 0 Å². The van der Waals surface area contributed by atoms with E-state index < -0.39 is 4.92 Å². The smallest absolute Gasteiger partial charge is 0.270 e. The second-order valence-electron chi connectivity index (χ2n) is 2.33. The van der Waals surface area contributed by atoms with Crippen molar-refractivity contribution in [1.82, 2.24) is 0 Å². The van der Waals surface area contributed by atoms with Gasteiger partial charge in [0.1, 0.15) is 5.75 Å². The van der Waals surface area contributed by atoms with Gasteiger partial charge < -0.3 is 5.11 Å². The van der Waals surface area contributed by atoms with E-state index in [1.54, 1.807) is 6.92 Å². The van der Waals surface area contributed by atoms with Crippen molar-refractivity contribution in [3.63, 3.8) is 0 Å². The highest BCUT2D eigenvalue weighted by atomic mass is 16.6. The van der Waals surface area contributed by atoms with Crippen LogP contribution in [0.3, 0.4) is 0 Å². The molecule has 0 fully saturated rings. The van der Waals surface area contributed by atoms with Crippen LogP contribution in [0.4, 0.5) is 5.69 Å². The fourth-order valence-corrected chi connectivity index (χ4v) is 0.872. The van der Waals surface area contributed by atoms with Crippen molar-refractivity contribution >= 4 is 5.69 Å². The molecule has 0 unspecified atom stereocenters. The number of non-ortho nitro benzene ring substituents is 1. The summed E-state index contributed by atoms with van der Waals surface area (Å²) in [5.41, 5.74) is 0.201. The number of aromatic hydroxyl groups is 1. The number of nitro benzene ring substituents is 1. The van der Waals surface area contributed by atoms with E-state index in [9.17, 15) is 15.2 Å². The van der Waals surface area contributed by atoms with Gasteiger partial charge in [-0.1, -0.05) is 5.92 Å². The second kappa shape index (κ2) is 3.59. The fraction of sp³-hybridized carbons (Fsp3) is 0.111. The third-order valence-electron chi connectivity index (χ3n) is 1.45. The molecule has 0 saturated heterocycles. The third-order valence-corrected chi connectivity index (χ3v) is 1.45. The van der Waals surface area contributed by atoms with Crippen LogP contribution in [0.15, 0.2) is 18.2 Å². The lowest BCUT2D eigenvalue weighted by Crippen LogP contribution is -1.88. The maximum Gasteiger partial charge on any atom is 0.270 e. The summed E-state index contributed by atoms with van der Waals surface area (Å²) < 4.78 is 0. The van der Waals surface area contributed by atoms with Crippen LogP contribution in [0.1, 0.15) is 12.5 Å². The highest BCUT2D eigenvalue weighted by Gasteiger charge is 2.07. The summed E-state index contributed by atoms with van der Waals surface area (Å²) >= 11 is 0. The van der Waals surface area contributed by atoms with Crippen molar-refractivity contribution in [3.05, 3.63) is 33.9 Å². The summed E-state index contributed by atoms with van der Waals surface area (Å²) in [7, 11) is 0. The predicted molar refractivity (Wildman–Crippen MR) is 47.3 cm³/mol. The van der Waals surface area contributed by atoms with Crippen molar-refractivity contribution in [3.8, 4) is 17.6 Å². The number of rotatable bonds is 1. The molecule has 0 bridgehead atoms. The Hall–Kier alpha value is -2.02. The first-order valence-corrected chi connectivity index (χ1v) is 3.55. The first kappa shape index (κ1) is 9.07. The minimum atomic E-state index is -0.528. The number of hydrogen-bond donors (Lipinski definition) is 1. The van der Waals surface area contributed by atoms with E-state index in [1.165, 1.54) is 18.2 Å². The molecule has 13 heavy (non-hydrogen) atoms. The van der Waals surface area contributed by atoms with Gasteiger partial charge >= 0.3 is 0 Å². The van der Waals surface area contributed by atoms with E-state index in [-0.39, 0.29) is 17.0 Å². The van der Waals surface area contributed by atoms with Crippen molar-refractivity contribution < 1.29 is 10.0 Å². The molecule has 4 heteroatoms. The molecule has 1 aromatic carbocycles. The van der Waals surface area contributed by atoms with Gasteiger partial charge in [0.25, 0.3) is 5.69 Å². The summed E-state index contributed by atoms with van der Waals surface area (Å²) in [6.45, 7) is 1.60. The number of phenols is 1. The maximum absolute atomic E-state index is 10.3. The Bertz CT molecular complexity index is 401. The van der Waals surface area contributed by atoms with Gasteiger partial charge in [-0.3, -0.25) is 10.1 Å². The Labute approximate surface area is 75.0 Å². The second-order valence-corrected chi connectivity index (χ2v) is 2.33. The molecule has 0 spiro atoms. The average Bonchev–Trinajstić information content (AvgIpc) is 2.08. The zero-order valence-electron chi connectivity index (χ0n) is 6.94. The van der Waals surface area contributed by atoms with Gasteiger partial charge in [-0.25, -0.2) is 0 Å². The van der Waals surface area contributed by atoms with Crippen LogP contribution in [-0.2, 0) is 0 Å². The Morgan fingerprint density at radius 1 is 1.54 bits per heavy atom. The Balaban J connectivity index is 3.24. The molecule has 0 atom stereocenters. The SMILES string of the molecule is CC#Cc1cc([N+](=O)[O-])ccc1O. The minimum absolute atomic E-state index is 0.0417. The highest BCUT2D eigenvalue weighted by Crippen LogP contribution is 2.21. The molecule has 0 aliphatic rings. The molecule has 0 aromatic heterocycles. The van der Waals surface area contributed by atoms with E-state index in [4.69, 9.17) is 0 Å². The van der Waals surface area contributed by atoms with Gasteiger partial charge in [0.15, 0.2) is 0 Å². The molecule has 66 valence electrons. The van der Waals surface area contributed by atoms with Crippen LogP contribution in [0.25, 0.3) is 0 Å². The van der Waals surface area contributed by atoms with Gasteiger partial charge in [0.2, 0.25) is 0 Å². The predicted octanol–water partition coefficient (Wildman–Crippen LogP) is 1.67. The Kier molecular flexibility index (Phi) is 2.50. The minimum Gasteiger partial charge on any atom is -0.507 e. The van der Waals surface area contributed by atoms with E-state index in [2.05, 4.69) is 11.8 Å². The molecular formula is C9H7NO3. The van der Waals surface area contributed by atoms with Gasteiger partial charge in [0.05, 0.1) is 10.5 Å². The molecule has 0 aliphatic carbocycles. The van der Waals surface area contributed by atoms with Crippen LogP contribution in [-0.4, -0.2) is 10.0 Å². The molecule has 1 N–H and O–H groups in total. The lowest BCUT2D eigenvalue weighted by molar-refractivity contribution is -0.384. The topological polar surface area (TPSA) is 63.4 Å². The van der Waals surface area contributed by atoms with Crippen molar-refractivity contribution in [2.45, 2.75) is 6.92 Å². The van der Waals surface area contributed by atoms with Gasteiger partial charge in [-0.2, -0.15) is 0 Å². The van der Waals surface area contributed by atoms with Crippen molar-refractivity contribution in [1.29, 1.82) is 0 Å². The lowest BCUT2D eigenvalue weighted by Gasteiger charge is -1.95. The zero-order valence-corrected chi connectivity index (χ0v) is 6.94. The molecular weight excluding hydrogens is 170 g/mol. The molecule has 0 aliphatic heterocycles. The van der Waals surface area contributed by atoms with Gasteiger partial charge in [-0.05, 0) is 13.0 Å². The fourth-order valence-electron chi connectivity index (χ4n) is 0.872. The van der Waals surface area contributed by atoms with E-state index in [1.807, 2.05) is 0 Å². The molecule has 0 radical (unpaired) electrons. The summed E-state index contributed by atoms with van der Waals surface area (Å²) in [5, 5.41) is 19.6. The highest BCUT2D eigenvalue weighted by molar-refractivity contribution is 5.51. The average molecular weight is 177 g/mol. The molecule has 1 aromatic rings. The molecule has 4 nitrogen and oxygen atoms in total. The molecule has 0 saturated carbocycles. The van der Waals surface area contributed by atoms with E-state index in [0.29, 0.717) is 0 Å². The van der Waals surface area contributed by atoms with Crippen molar-refractivity contribution in [2.24, 2.45) is 0 Å². The lowest BCUT2D eigenvalue weighted by atomic mass is 10.2. The number of benzene rings is 1. The summed E-state index contributed by atoms with van der Waals surface area (Å²) in [4.78, 5) is 9.82. The summed E-state index contributed by atoms with van der Waals surface area (Å²) in [5.74, 6) is 5.08. The monoisotopic (exact) mass is 177 g/mol. The van der Waals surface area contributed by atoms with Crippen LogP contribution in [0.2, 0.25) is 0 Å². The van der Waals surface area contributed by atoms with Gasteiger partial charge in [0, 0.05) is 12.1 Å². The Morgan fingerprint density at radius 3 is 2.77 bits per heavy atom. The van der Waals surface area contributed by atoms with E-state index >= 15 is 0 Å². The number of phenolic OH excluding ortho intramolecular Hbond substituents is 1. The van der Waals surface area contributed by atoms with Crippen LogP contribution in [0.5, 0.6) is 5.75 Å². The molecule has 0 amide bonds. The third kappa shape index (κ3) is 1.97. The first-order valence-electron chi connectivity index (χ1n) is 3.55. The van der Waals surface area contributed by atoms with Crippen LogP contribution < -0.4 is 0 Å². The van der Waals surface area contributed by atoms with Crippen LogP contribution in [0, 0.1) is 22.0 Å². The molecule has 0 heterocycles. The molecule has 1 rings (SSSR count). The number of nitrogens with zero attached hydrogens (tertiary/aromatic N) is 1.